The molecule has 2 unspecified atom stereocenters. The van der Waals surface area contributed by atoms with Gasteiger partial charge in [-0.3, -0.25) is 0 Å². The lowest BCUT2D eigenvalue weighted by atomic mass is 9.99. The van der Waals surface area contributed by atoms with Crippen LogP contribution < -0.4 is 0 Å². The highest BCUT2D eigenvalue weighted by molar-refractivity contribution is 5.76. The van der Waals surface area contributed by atoms with Gasteiger partial charge in [-0.05, 0) is 22.8 Å². The molecule has 5 N–H and O–H groups in total. The van der Waals surface area contributed by atoms with Crippen molar-refractivity contribution in [2.75, 3.05) is 0 Å². The molecule has 0 spiro atoms. The molecule has 1 aromatic rings. The molecule has 0 saturated heterocycles. The Bertz CT molecular complexity index is 430. The minimum Gasteiger partial charge on any atom is -0.479 e. The summed E-state index contributed by atoms with van der Waals surface area (Å²) in [6.45, 7) is -0.473. The lowest BCUT2D eigenvalue weighted by Crippen LogP contribution is -2.14. The van der Waals surface area contributed by atoms with Gasteiger partial charge in [0.05, 0.1) is 6.61 Å². The predicted molar refractivity (Wildman–Crippen MR) is 57.6 cm³/mol. The first kappa shape index (κ1) is 14.1. The van der Waals surface area contributed by atoms with E-state index in [-0.39, 0.29) is 16.7 Å². The molecule has 0 radical (unpaired) electrons. The van der Waals surface area contributed by atoms with E-state index in [9.17, 15) is 19.8 Å². The summed E-state index contributed by atoms with van der Waals surface area (Å²) in [5.74, 6) is -3.03. The van der Waals surface area contributed by atoms with Crippen LogP contribution in [-0.4, -0.2) is 37.5 Å². The Morgan fingerprint density at radius 1 is 0.944 bits per heavy atom. The van der Waals surface area contributed by atoms with Crippen LogP contribution in [0.25, 0.3) is 0 Å². The van der Waals surface area contributed by atoms with Crippen molar-refractivity contribution in [2.45, 2.75) is 18.8 Å². The second kappa shape index (κ2) is 5.58. The average Bonchev–Trinajstić information content (AvgIpc) is 2.35. The maximum absolute atomic E-state index is 10.6. The highest BCUT2D eigenvalue weighted by Crippen LogP contribution is 2.22. The summed E-state index contributed by atoms with van der Waals surface area (Å²) in [7, 11) is 0. The third-order valence-corrected chi connectivity index (χ3v) is 2.32. The smallest absolute Gasteiger partial charge is 0.337 e. The van der Waals surface area contributed by atoms with E-state index in [2.05, 4.69) is 0 Å². The first-order valence-electron chi connectivity index (χ1n) is 4.93. The standard InChI is InChI=1S/C11H12O7/c12-4-5-1-6(8(13)10(15)16)3-7(2-5)9(14)11(17)18/h1-3,8-9,12-14H,4H2,(H,15,16)(H,17,18). The molecule has 1 rings (SSSR count). The van der Waals surface area contributed by atoms with Gasteiger partial charge in [0.25, 0.3) is 0 Å². The molecule has 7 heteroatoms. The van der Waals surface area contributed by atoms with Crippen LogP contribution in [0.4, 0.5) is 0 Å². The Morgan fingerprint density at radius 2 is 1.33 bits per heavy atom. The minimum absolute atomic E-state index is 0.107. The lowest BCUT2D eigenvalue weighted by molar-refractivity contribution is -0.147. The molecule has 0 aliphatic carbocycles. The van der Waals surface area contributed by atoms with E-state index in [1.54, 1.807) is 0 Å². The van der Waals surface area contributed by atoms with E-state index in [1.807, 2.05) is 0 Å². The predicted octanol–water partition coefficient (Wildman–Crippen LogP) is -0.585. The average molecular weight is 256 g/mol. The largest absolute Gasteiger partial charge is 0.479 e. The number of hydrogen-bond acceptors (Lipinski definition) is 5. The summed E-state index contributed by atoms with van der Waals surface area (Å²) >= 11 is 0. The van der Waals surface area contributed by atoms with E-state index in [4.69, 9.17) is 15.3 Å². The highest BCUT2D eigenvalue weighted by Gasteiger charge is 2.21. The first-order chi connectivity index (χ1) is 8.36. The summed E-state index contributed by atoms with van der Waals surface area (Å²) in [4.78, 5) is 21.2. The number of carboxylic acids is 2. The molecule has 7 nitrogen and oxygen atoms in total. The summed E-state index contributed by atoms with van der Waals surface area (Å²) in [6.07, 6.45) is -3.70. The normalized spacial score (nSPS) is 13.9. The number of rotatable bonds is 5. The van der Waals surface area contributed by atoms with Gasteiger partial charge in [-0.2, -0.15) is 0 Å². The van der Waals surface area contributed by atoms with E-state index in [0.717, 1.165) is 6.07 Å². The Labute approximate surface area is 102 Å². The molecular weight excluding hydrogens is 244 g/mol. The zero-order valence-corrected chi connectivity index (χ0v) is 9.15. The molecule has 0 aromatic heterocycles. The van der Waals surface area contributed by atoms with Crippen LogP contribution in [0, 0.1) is 0 Å². The third kappa shape index (κ3) is 3.04. The maximum atomic E-state index is 10.6. The summed E-state index contributed by atoms with van der Waals surface area (Å²) < 4.78 is 0. The van der Waals surface area contributed by atoms with Crippen LogP contribution in [0.5, 0.6) is 0 Å². The summed E-state index contributed by atoms with van der Waals surface area (Å²) in [5.41, 5.74) is -0.0169. The zero-order valence-electron chi connectivity index (χ0n) is 9.15. The molecule has 0 aliphatic rings. The SMILES string of the molecule is O=C(O)C(O)c1cc(CO)cc(C(O)C(=O)O)c1. The van der Waals surface area contributed by atoms with E-state index >= 15 is 0 Å². The Hall–Kier alpha value is -1.96. The lowest BCUT2D eigenvalue weighted by Gasteiger charge is -2.12. The van der Waals surface area contributed by atoms with Gasteiger partial charge in [0.15, 0.2) is 12.2 Å². The summed E-state index contributed by atoms with van der Waals surface area (Å²) in [5, 5.41) is 45.0. The number of aliphatic hydroxyl groups excluding tert-OH is 3. The van der Waals surface area contributed by atoms with Crippen molar-refractivity contribution in [2.24, 2.45) is 0 Å². The van der Waals surface area contributed by atoms with Gasteiger partial charge in [-0.15, -0.1) is 0 Å². The van der Waals surface area contributed by atoms with Crippen molar-refractivity contribution in [1.29, 1.82) is 0 Å². The molecule has 0 fully saturated rings. The first-order valence-corrected chi connectivity index (χ1v) is 4.93. The van der Waals surface area contributed by atoms with Crippen molar-refractivity contribution in [3.8, 4) is 0 Å². The van der Waals surface area contributed by atoms with Crippen LogP contribution >= 0.6 is 0 Å². The van der Waals surface area contributed by atoms with Gasteiger partial charge in [-0.25, -0.2) is 9.59 Å². The Morgan fingerprint density at radius 3 is 1.61 bits per heavy atom. The number of aliphatic carboxylic acids is 2. The fourth-order valence-corrected chi connectivity index (χ4v) is 1.44. The van der Waals surface area contributed by atoms with Gasteiger partial charge < -0.3 is 25.5 Å². The topological polar surface area (TPSA) is 135 Å². The van der Waals surface area contributed by atoms with Crippen LogP contribution in [0.2, 0.25) is 0 Å². The highest BCUT2D eigenvalue weighted by atomic mass is 16.4. The number of hydrogen-bond donors (Lipinski definition) is 5. The van der Waals surface area contributed by atoms with E-state index in [0.29, 0.717) is 0 Å². The van der Waals surface area contributed by atoms with Crippen LogP contribution in [0.3, 0.4) is 0 Å². The fraction of sp³-hybridized carbons (Fsp3) is 0.273. The Balaban J connectivity index is 3.25. The van der Waals surface area contributed by atoms with Crippen LogP contribution in [-0.2, 0) is 16.2 Å². The van der Waals surface area contributed by atoms with Gasteiger partial charge >= 0.3 is 11.9 Å². The minimum atomic E-state index is -1.85. The molecule has 0 bridgehead atoms. The van der Waals surface area contributed by atoms with Crippen LogP contribution in [0.15, 0.2) is 18.2 Å². The molecule has 98 valence electrons. The van der Waals surface area contributed by atoms with Crippen molar-refractivity contribution in [3.63, 3.8) is 0 Å². The fourth-order valence-electron chi connectivity index (χ4n) is 1.44. The molecule has 18 heavy (non-hydrogen) atoms. The second-order valence-corrected chi connectivity index (χ2v) is 3.65. The van der Waals surface area contributed by atoms with Crippen LogP contribution in [0.1, 0.15) is 28.9 Å². The molecule has 0 heterocycles. The number of aliphatic hydroxyl groups is 3. The van der Waals surface area contributed by atoms with Crippen molar-refractivity contribution in [3.05, 3.63) is 34.9 Å². The van der Waals surface area contributed by atoms with Gasteiger partial charge in [0, 0.05) is 0 Å². The number of carboxylic acid groups (broad SMARTS) is 2. The van der Waals surface area contributed by atoms with Gasteiger partial charge in [-0.1, -0.05) is 12.1 Å². The molecule has 0 saturated carbocycles. The van der Waals surface area contributed by atoms with Crippen molar-refractivity contribution < 1.29 is 35.1 Å². The zero-order chi connectivity index (χ0) is 13.9. The Kier molecular flexibility index (Phi) is 4.38. The maximum Gasteiger partial charge on any atom is 0.337 e. The van der Waals surface area contributed by atoms with Crippen molar-refractivity contribution >= 4 is 11.9 Å². The second-order valence-electron chi connectivity index (χ2n) is 3.65. The van der Waals surface area contributed by atoms with Gasteiger partial charge in [0.2, 0.25) is 0 Å². The number of benzene rings is 1. The van der Waals surface area contributed by atoms with Crippen molar-refractivity contribution in [1.82, 2.24) is 0 Å². The molecule has 1 aromatic carbocycles. The van der Waals surface area contributed by atoms with Gasteiger partial charge in [0.1, 0.15) is 0 Å². The molecular formula is C11H12O7. The summed E-state index contributed by atoms with van der Waals surface area (Å²) in [6, 6.07) is 3.50. The molecule has 0 aliphatic heterocycles. The third-order valence-electron chi connectivity index (χ3n) is 2.32. The molecule has 2 atom stereocenters. The number of carbonyl (C=O) groups is 2. The monoisotopic (exact) mass is 256 g/mol. The van der Waals surface area contributed by atoms with E-state index < -0.39 is 30.8 Å². The quantitative estimate of drug-likeness (QED) is 0.475. The molecule has 0 amide bonds. The van der Waals surface area contributed by atoms with E-state index in [1.165, 1.54) is 12.1 Å².